The minimum Gasteiger partial charge on any atom is -0.492 e. The minimum atomic E-state index is -4.30. The molecule has 0 bridgehead atoms. The summed E-state index contributed by atoms with van der Waals surface area (Å²) in [5, 5.41) is 0. The Kier molecular flexibility index (Phi) is 2.73. The van der Waals surface area contributed by atoms with E-state index >= 15 is 0 Å². The number of hydrogen-bond acceptors (Lipinski definition) is 1. The molecule has 1 nitrogen and oxygen atoms in total. The summed E-state index contributed by atoms with van der Waals surface area (Å²) in [5.74, 6) is 0.794. The average molecular weight is 264 g/mol. The second-order valence-electron chi connectivity index (χ2n) is 4.47. The van der Waals surface area contributed by atoms with Crippen LogP contribution in [-0.4, -0.2) is 6.61 Å². The van der Waals surface area contributed by atoms with Crippen LogP contribution >= 0.6 is 0 Å². The number of hydrogen-bond donors (Lipinski definition) is 0. The highest BCUT2D eigenvalue weighted by Gasteiger charge is 2.30. The molecule has 4 heteroatoms. The Labute approximate surface area is 108 Å². The highest BCUT2D eigenvalue weighted by molar-refractivity contribution is 5.73. The molecular formula is C15H11F3O. The number of fused-ring (bicyclic) bond motifs is 1. The van der Waals surface area contributed by atoms with Crippen LogP contribution in [0.2, 0.25) is 0 Å². The molecule has 3 rings (SSSR count). The third kappa shape index (κ3) is 2.18. The Hall–Kier alpha value is -1.97. The molecule has 1 heterocycles. The molecule has 0 spiro atoms. The van der Waals surface area contributed by atoms with Crippen molar-refractivity contribution in [1.82, 2.24) is 0 Å². The smallest absolute Gasteiger partial charge is 0.416 e. The predicted octanol–water partition coefficient (Wildman–Crippen LogP) is 4.31. The third-order valence-electron chi connectivity index (χ3n) is 3.24. The lowest BCUT2D eigenvalue weighted by atomic mass is 10.00. The van der Waals surface area contributed by atoms with Gasteiger partial charge in [0.25, 0.3) is 0 Å². The van der Waals surface area contributed by atoms with Gasteiger partial charge in [0.15, 0.2) is 0 Å². The number of halogens is 3. The van der Waals surface area contributed by atoms with Crippen LogP contribution in [0.1, 0.15) is 11.1 Å². The molecule has 0 saturated carbocycles. The van der Waals surface area contributed by atoms with E-state index in [0.717, 1.165) is 41.0 Å². The quantitative estimate of drug-likeness (QED) is 0.745. The van der Waals surface area contributed by atoms with Crippen LogP contribution < -0.4 is 4.74 Å². The van der Waals surface area contributed by atoms with Gasteiger partial charge in [-0.05, 0) is 23.3 Å². The van der Waals surface area contributed by atoms with E-state index in [2.05, 4.69) is 0 Å². The molecule has 0 atom stereocenters. The zero-order valence-corrected chi connectivity index (χ0v) is 10.00. The maximum Gasteiger partial charge on any atom is 0.416 e. The standard InChI is InChI=1S/C15H11F3O/c16-15(17,18)12-6-4-10(5-7-12)13-3-1-2-11-8-9-19-14(11)13/h1-7H,8-9H2. The van der Waals surface area contributed by atoms with Crippen LogP contribution in [0.4, 0.5) is 13.2 Å². The fraction of sp³-hybridized carbons (Fsp3) is 0.200. The van der Waals surface area contributed by atoms with Crippen molar-refractivity contribution < 1.29 is 17.9 Å². The summed E-state index contributed by atoms with van der Waals surface area (Å²) >= 11 is 0. The summed E-state index contributed by atoms with van der Waals surface area (Å²) in [6.07, 6.45) is -3.45. The van der Waals surface area contributed by atoms with E-state index in [1.165, 1.54) is 12.1 Å². The van der Waals surface area contributed by atoms with Gasteiger partial charge in [0.2, 0.25) is 0 Å². The summed E-state index contributed by atoms with van der Waals surface area (Å²) in [7, 11) is 0. The van der Waals surface area contributed by atoms with Gasteiger partial charge in [0.05, 0.1) is 12.2 Å². The Balaban J connectivity index is 2.02. The lowest BCUT2D eigenvalue weighted by Crippen LogP contribution is -2.04. The van der Waals surface area contributed by atoms with E-state index in [-0.39, 0.29) is 0 Å². The SMILES string of the molecule is FC(F)(F)c1ccc(-c2cccc3c2OCC3)cc1. The number of benzene rings is 2. The van der Waals surface area contributed by atoms with E-state index in [0.29, 0.717) is 6.61 Å². The van der Waals surface area contributed by atoms with E-state index in [1.807, 2.05) is 18.2 Å². The zero-order chi connectivity index (χ0) is 13.5. The molecule has 0 unspecified atom stereocenters. The first-order valence-corrected chi connectivity index (χ1v) is 5.98. The van der Waals surface area contributed by atoms with Gasteiger partial charge in [-0.15, -0.1) is 0 Å². The van der Waals surface area contributed by atoms with Crippen molar-refractivity contribution in [2.45, 2.75) is 12.6 Å². The Bertz CT molecular complexity index is 600. The van der Waals surface area contributed by atoms with Gasteiger partial charge >= 0.3 is 6.18 Å². The van der Waals surface area contributed by atoms with Crippen molar-refractivity contribution in [1.29, 1.82) is 0 Å². The summed E-state index contributed by atoms with van der Waals surface area (Å²) < 4.78 is 43.1. The van der Waals surface area contributed by atoms with Gasteiger partial charge in [-0.2, -0.15) is 13.2 Å². The Morgan fingerprint density at radius 2 is 1.68 bits per heavy atom. The number of rotatable bonds is 1. The fourth-order valence-electron chi connectivity index (χ4n) is 2.28. The first kappa shape index (κ1) is 12.1. The van der Waals surface area contributed by atoms with Crippen molar-refractivity contribution in [3.63, 3.8) is 0 Å². The monoisotopic (exact) mass is 264 g/mol. The molecule has 2 aromatic rings. The average Bonchev–Trinajstić information content (AvgIpc) is 2.86. The predicted molar refractivity (Wildman–Crippen MR) is 66.1 cm³/mol. The summed E-state index contributed by atoms with van der Waals surface area (Å²) in [6, 6.07) is 10.9. The molecule has 0 saturated heterocycles. The van der Waals surface area contributed by atoms with Crippen LogP contribution in [0.3, 0.4) is 0 Å². The molecule has 0 radical (unpaired) electrons. The molecule has 0 N–H and O–H groups in total. The van der Waals surface area contributed by atoms with Gasteiger partial charge < -0.3 is 4.74 Å². The number of para-hydroxylation sites is 1. The molecule has 98 valence electrons. The van der Waals surface area contributed by atoms with Crippen molar-refractivity contribution in [3.8, 4) is 16.9 Å². The maximum atomic E-state index is 12.5. The van der Waals surface area contributed by atoms with Gasteiger partial charge in [0, 0.05) is 12.0 Å². The molecule has 1 aliphatic rings. The van der Waals surface area contributed by atoms with Crippen molar-refractivity contribution in [2.24, 2.45) is 0 Å². The molecule has 0 fully saturated rings. The molecule has 2 aromatic carbocycles. The second-order valence-corrected chi connectivity index (χ2v) is 4.47. The number of alkyl halides is 3. The first-order valence-electron chi connectivity index (χ1n) is 5.98. The molecule has 1 aliphatic heterocycles. The fourth-order valence-corrected chi connectivity index (χ4v) is 2.28. The second kappa shape index (κ2) is 4.30. The van der Waals surface area contributed by atoms with Gasteiger partial charge in [-0.3, -0.25) is 0 Å². The normalized spacial score (nSPS) is 14.1. The van der Waals surface area contributed by atoms with Crippen molar-refractivity contribution >= 4 is 0 Å². The van der Waals surface area contributed by atoms with Crippen LogP contribution in [0.5, 0.6) is 5.75 Å². The summed E-state index contributed by atoms with van der Waals surface area (Å²) in [6.45, 7) is 0.632. The van der Waals surface area contributed by atoms with Gasteiger partial charge in [-0.25, -0.2) is 0 Å². The van der Waals surface area contributed by atoms with Crippen LogP contribution in [0, 0.1) is 0 Å². The number of ether oxygens (including phenoxy) is 1. The highest BCUT2D eigenvalue weighted by atomic mass is 19.4. The molecule has 0 aromatic heterocycles. The molecule has 0 aliphatic carbocycles. The van der Waals surface area contributed by atoms with Gasteiger partial charge in [-0.1, -0.05) is 30.3 Å². The van der Waals surface area contributed by atoms with Gasteiger partial charge in [0.1, 0.15) is 5.75 Å². The highest BCUT2D eigenvalue weighted by Crippen LogP contribution is 2.38. The Morgan fingerprint density at radius 1 is 0.947 bits per heavy atom. The Morgan fingerprint density at radius 3 is 2.37 bits per heavy atom. The van der Waals surface area contributed by atoms with Crippen molar-refractivity contribution in [2.75, 3.05) is 6.61 Å². The van der Waals surface area contributed by atoms with E-state index in [9.17, 15) is 13.2 Å². The van der Waals surface area contributed by atoms with Crippen molar-refractivity contribution in [3.05, 3.63) is 53.6 Å². The third-order valence-corrected chi connectivity index (χ3v) is 3.24. The van der Waals surface area contributed by atoms with E-state index in [1.54, 1.807) is 0 Å². The van der Waals surface area contributed by atoms with E-state index in [4.69, 9.17) is 4.74 Å². The van der Waals surface area contributed by atoms with Crippen LogP contribution in [0.15, 0.2) is 42.5 Å². The molecular weight excluding hydrogens is 253 g/mol. The lowest BCUT2D eigenvalue weighted by molar-refractivity contribution is -0.137. The largest absolute Gasteiger partial charge is 0.492 e. The zero-order valence-electron chi connectivity index (χ0n) is 10.00. The minimum absolute atomic E-state index is 0.632. The first-order chi connectivity index (χ1) is 9.05. The topological polar surface area (TPSA) is 9.23 Å². The molecule has 19 heavy (non-hydrogen) atoms. The van der Waals surface area contributed by atoms with Crippen LogP contribution in [-0.2, 0) is 12.6 Å². The van der Waals surface area contributed by atoms with E-state index < -0.39 is 11.7 Å². The summed E-state index contributed by atoms with van der Waals surface area (Å²) in [4.78, 5) is 0. The molecule has 0 amide bonds. The summed E-state index contributed by atoms with van der Waals surface area (Å²) in [5.41, 5.74) is 2.07. The lowest BCUT2D eigenvalue weighted by Gasteiger charge is -2.10. The van der Waals surface area contributed by atoms with Crippen LogP contribution in [0.25, 0.3) is 11.1 Å². The maximum absolute atomic E-state index is 12.5.